The Bertz CT molecular complexity index is 525. The molecule has 0 bridgehead atoms. The molecule has 1 aromatic heterocycles. The maximum Gasteiger partial charge on any atom is 0.220 e. The molecule has 1 aliphatic heterocycles. The van der Waals surface area contributed by atoms with Crippen molar-refractivity contribution in [1.82, 2.24) is 9.97 Å². The highest BCUT2D eigenvalue weighted by molar-refractivity contribution is 7.98. The van der Waals surface area contributed by atoms with Crippen molar-refractivity contribution in [2.24, 2.45) is 0 Å². The fraction of sp³-hybridized carbons (Fsp3) is 0.0909. The van der Waals surface area contributed by atoms with Crippen LogP contribution in [-0.4, -0.2) is 9.97 Å². The van der Waals surface area contributed by atoms with Crippen LogP contribution in [-0.2, 0) is 5.75 Å². The molecule has 2 aromatic rings. The van der Waals surface area contributed by atoms with E-state index < -0.39 is 0 Å². The third kappa shape index (κ3) is 1.37. The minimum Gasteiger partial charge on any atom is -0.368 e. The number of rotatable bonds is 0. The highest BCUT2D eigenvalue weighted by Gasteiger charge is 2.17. The zero-order valence-corrected chi connectivity index (χ0v) is 8.79. The maximum absolute atomic E-state index is 5.61. The zero-order valence-electron chi connectivity index (χ0n) is 7.97. The van der Waals surface area contributed by atoms with Crippen LogP contribution in [0.2, 0.25) is 0 Å². The first kappa shape index (κ1) is 8.73. The van der Waals surface area contributed by atoms with Gasteiger partial charge in [0.15, 0.2) is 0 Å². The van der Waals surface area contributed by atoms with E-state index in [0.717, 1.165) is 16.3 Å². The predicted octanol–water partition coefficient (Wildman–Crippen LogP) is 2.33. The van der Waals surface area contributed by atoms with Gasteiger partial charge in [0.1, 0.15) is 0 Å². The molecule has 3 nitrogen and oxygen atoms in total. The van der Waals surface area contributed by atoms with E-state index in [1.165, 1.54) is 11.1 Å². The normalized spacial score (nSPS) is 13.1. The van der Waals surface area contributed by atoms with Crippen LogP contribution in [0.25, 0.3) is 11.3 Å². The van der Waals surface area contributed by atoms with Gasteiger partial charge in [-0.25, -0.2) is 9.97 Å². The SMILES string of the molecule is Nc1ncc2c(n1)-c1ccccc1CS2. The first-order valence-corrected chi connectivity index (χ1v) is 5.67. The molecular weight excluding hydrogens is 206 g/mol. The Morgan fingerprint density at radius 2 is 2.13 bits per heavy atom. The molecule has 2 heterocycles. The van der Waals surface area contributed by atoms with E-state index in [9.17, 15) is 0 Å². The minimum atomic E-state index is 0.339. The molecule has 0 aliphatic carbocycles. The topological polar surface area (TPSA) is 51.8 Å². The zero-order chi connectivity index (χ0) is 10.3. The van der Waals surface area contributed by atoms with Gasteiger partial charge >= 0.3 is 0 Å². The number of nitrogens with zero attached hydrogens (tertiary/aromatic N) is 2. The van der Waals surface area contributed by atoms with Crippen LogP contribution in [0, 0.1) is 0 Å². The first-order valence-electron chi connectivity index (χ1n) is 4.68. The molecule has 0 unspecified atom stereocenters. The number of anilines is 1. The van der Waals surface area contributed by atoms with Crippen molar-refractivity contribution in [3.05, 3.63) is 36.0 Å². The quantitative estimate of drug-likeness (QED) is 0.732. The molecular formula is C11H9N3S. The highest BCUT2D eigenvalue weighted by Crippen LogP contribution is 2.39. The van der Waals surface area contributed by atoms with Crippen molar-refractivity contribution in [1.29, 1.82) is 0 Å². The van der Waals surface area contributed by atoms with E-state index >= 15 is 0 Å². The summed E-state index contributed by atoms with van der Waals surface area (Å²) in [5, 5.41) is 0. The molecule has 0 fully saturated rings. The summed E-state index contributed by atoms with van der Waals surface area (Å²) in [5.41, 5.74) is 9.07. The molecule has 74 valence electrons. The van der Waals surface area contributed by atoms with Crippen molar-refractivity contribution in [3.8, 4) is 11.3 Å². The summed E-state index contributed by atoms with van der Waals surface area (Å²) in [5.74, 6) is 1.32. The molecule has 2 N–H and O–H groups in total. The van der Waals surface area contributed by atoms with Crippen LogP contribution in [0.5, 0.6) is 0 Å². The summed E-state index contributed by atoms with van der Waals surface area (Å²) < 4.78 is 0. The lowest BCUT2D eigenvalue weighted by molar-refractivity contribution is 1.11. The van der Waals surface area contributed by atoms with E-state index in [2.05, 4.69) is 28.2 Å². The second kappa shape index (κ2) is 3.24. The van der Waals surface area contributed by atoms with Gasteiger partial charge in [-0.1, -0.05) is 24.3 Å². The lowest BCUT2D eigenvalue weighted by Gasteiger charge is -2.17. The molecule has 0 spiro atoms. The van der Waals surface area contributed by atoms with E-state index in [4.69, 9.17) is 5.73 Å². The molecule has 0 saturated heterocycles. The number of fused-ring (bicyclic) bond motifs is 3. The number of hydrogen-bond acceptors (Lipinski definition) is 4. The van der Waals surface area contributed by atoms with Crippen molar-refractivity contribution < 1.29 is 0 Å². The van der Waals surface area contributed by atoms with Gasteiger partial charge in [-0.05, 0) is 5.56 Å². The van der Waals surface area contributed by atoms with Gasteiger partial charge in [0.25, 0.3) is 0 Å². The average Bonchev–Trinajstić information content (AvgIpc) is 2.29. The number of nitrogen functional groups attached to an aromatic ring is 1. The number of nitrogens with two attached hydrogens (primary N) is 1. The van der Waals surface area contributed by atoms with Gasteiger partial charge in [-0.3, -0.25) is 0 Å². The van der Waals surface area contributed by atoms with Crippen molar-refractivity contribution in [2.45, 2.75) is 10.6 Å². The van der Waals surface area contributed by atoms with E-state index in [0.29, 0.717) is 5.95 Å². The first-order chi connectivity index (χ1) is 7.34. The Kier molecular flexibility index (Phi) is 1.89. The fourth-order valence-corrected chi connectivity index (χ4v) is 2.70. The molecule has 3 rings (SSSR count). The summed E-state index contributed by atoms with van der Waals surface area (Å²) in [7, 11) is 0. The van der Waals surface area contributed by atoms with Crippen molar-refractivity contribution in [2.75, 3.05) is 5.73 Å². The number of aromatic nitrogens is 2. The smallest absolute Gasteiger partial charge is 0.220 e. The Morgan fingerprint density at radius 1 is 1.27 bits per heavy atom. The van der Waals surface area contributed by atoms with Gasteiger partial charge in [0.2, 0.25) is 5.95 Å². The van der Waals surface area contributed by atoms with Crippen molar-refractivity contribution in [3.63, 3.8) is 0 Å². The van der Waals surface area contributed by atoms with Crippen LogP contribution >= 0.6 is 11.8 Å². The molecule has 0 saturated carbocycles. The monoisotopic (exact) mass is 215 g/mol. The maximum atomic E-state index is 5.61. The summed E-state index contributed by atoms with van der Waals surface area (Å²) in [6.07, 6.45) is 1.80. The van der Waals surface area contributed by atoms with E-state index in [1.807, 2.05) is 6.07 Å². The fourth-order valence-electron chi connectivity index (χ4n) is 1.72. The lowest BCUT2D eigenvalue weighted by atomic mass is 10.1. The second-order valence-electron chi connectivity index (χ2n) is 3.39. The molecule has 4 heteroatoms. The van der Waals surface area contributed by atoms with Crippen molar-refractivity contribution >= 4 is 17.7 Å². The Hall–Kier alpha value is -1.55. The Morgan fingerprint density at radius 3 is 3.07 bits per heavy atom. The van der Waals surface area contributed by atoms with Gasteiger partial charge in [-0.15, -0.1) is 11.8 Å². The van der Waals surface area contributed by atoms with Crippen LogP contribution < -0.4 is 5.73 Å². The molecule has 15 heavy (non-hydrogen) atoms. The largest absolute Gasteiger partial charge is 0.368 e. The minimum absolute atomic E-state index is 0.339. The van der Waals surface area contributed by atoms with Gasteiger partial charge < -0.3 is 5.73 Å². The number of hydrogen-bond donors (Lipinski definition) is 1. The lowest BCUT2D eigenvalue weighted by Crippen LogP contribution is -2.02. The molecule has 0 radical (unpaired) electrons. The third-order valence-electron chi connectivity index (χ3n) is 2.43. The highest BCUT2D eigenvalue weighted by atomic mass is 32.2. The summed E-state index contributed by atoms with van der Waals surface area (Å²) in [6, 6.07) is 8.29. The number of thioether (sulfide) groups is 1. The predicted molar refractivity (Wildman–Crippen MR) is 61.4 cm³/mol. The summed E-state index contributed by atoms with van der Waals surface area (Å²) in [6.45, 7) is 0. The average molecular weight is 215 g/mol. The standard InChI is InChI=1S/C11H9N3S/c12-11-13-5-9-10(14-11)8-4-2-1-3-7(8)6-15-9/h1-5H,6H2,(H2,12,13,14). The summed E-state index contributed by atoms with van der Waals surface area (Å²) >= 11 is 1.76. The van der Waals surface area contributed by atoms with Gasteiger partial charge in [0, 0.05) is 17.5 Å². The van der Waals surface area contributed by atoms with Crippen LogP contribution in [0.1, 0.15) is 5.56 Å². The van der Waals surface area contributed by atoms with Crippen LogP contribution in [0.15, 0.2) is 35.4 Å². The third-order valence-corrected chi connectivity index (χ3v) is 3.49. The molecule has 1 aliphatic rings. The van der Waals surface area contributed by atoms with Gasteiger partial charge in [0.05, 0.1) is 10.6 Å². The van der Waals surface area contributed by atoms with Crippen LogP contribution in [0.3, 0.4) is 0 Å². The van der Waals surface area contributed by atoms with Crippen LogP contribution in [0.4, 0.5) is 5.95 Å². The Labute approximate surface area is 91.7 Å². The second-order valence-corrected chi connectivity index (χ2v) is 4.40. The van der Waals surface area contributed by atoms with Gasteiger partial charge in [-0.2, -0.15) is 0 Å². The van der Waals surface area contributed by atoms with E-state index in [1.54, 1.807) is 18.0 Å². The Balaban J connectivity index is 2.28. The van der Waals surface area contributed by atoms with E-state index in [-0.39, 0.29) is 0 Å². The molecule has 0 amide bonds. The molecule has 0 atom stereocenters. The number of benzene rings is 1. The molecule has 1 aromatic carbocycles. The summed E-state index contributed by atoms with van der Waals surface area (Å²) in [4.78, 5) is 9.43.